The van der Waals surface area contributed by atoms with Gasteiger partial charge >= 0.3 is 5.95 Å². The minimum Gasteiger partial charge on any atom is -0.491 e. The van der Waals surface area contributed by atoms with Crippen molar-refractivity contribution >= 4 is 0 Å². The largest absolute Gasteiger partial charge is 0.491 e. The summed E-state index contributed by atoms with van der Waals surface area (Å²) in [5.74, 6) is 1.40. The highest BCUT2D eigenvalue weighted by atomic mass is 16.7. The lowest BCUT2D eigenvalue weighted by atomic mass is 10.1. The van der Waals surface area contributed by atoms with E-state index in [0.717, 1.165) is 51.1 Å². The van der Waals surface area contributed by atoms with Crippen LogP contribution in [0, 0.1) is 0 Å². The molecule has 30 heavy (non-hydrogen) atoms. The summed E-state index contributed by atoms with van der Waals surface area (Å²) < 4.78 is 23.7. The van der Waals surface area contributed by atoms with Crippen LogP contribution in [0.2, 0.25) is 0 Å². The molecule has 0 aromatic carbocycles. The van der Waals surface area contributed by atoms with Crippen LogP contribution in [0.5, 0.6) is 0 Å². The Kier molecular flexibility index (Phi) is 23.6. The van der Waals surface area contributed by atoms with Gasteiger partial charge in [0.25, 0.3) is 0 Å². The normalized spacial score (nSPS) is 12.0. The number of rotatable bonds is 24. The van der Waals surface area contributed by atoms with Crippen LogP contribution in [0.15, 0.2) is 11.7 Å². The fraction of sp³-hybridized carbons (Fsp3) is 0.923. The smallest absolute Gasteiger partial charge is 0.321 e. The molecule has 0 aliphatic carbocycles. The molecule has 0 radical (unpaired) electrons. The lowest BCUT2D eigenvalue weighted by Gasteiger charge is -2.17. The van der Waals surface area contributed by atoms with E-state index in [-0.39, 0.29) is 6.79 Å². The SMILES string of the molecule is CCCCCCCCOCOC(OCCCCCC)=C(CCC)OCCCCCC. The van der Waals surface area contributed by atoms with Gasteiger partial charge in [0.05, 0.1) is 19.8 Å². The van der Waals surface area contributed by atoms with Crippen molar-refractivity contribution in [1.29, 1.82) is 0 Å². The monoisotopic (exact) mass is 428 g/mol. The molecule has 0 aromatic heterocycles. The first kappa shape index (κ1) is 29.1. The van der Waals surface area contributed by atoms with Crippen LogP contribution < -0.4 is 0 Å². The van der Waals surface area contributed by atoms with E-state index in [1.807, 2.05) is 0 Å². The zero-order valence-electron chi connectivity index (χ0n) is 20.8. The number of ether oxygens (including phenoxy) is 4. The summed E-state index contributed by atoms with van der Waals surface area (Å²) in [6.45, 7) is 11.3. The van der Waals surface area contributed by atoms with Gasteiger partial charge in [-0.05, 0) is 25.7 Å². The second-order valence-electron chi connectivity index (χ2n) is 8.22. The Balaban J connectivity index is 4.42. The molecule has 0 fully saturated rings. The molecule has 4 nitrogen and oxygen atoms in total. The Morgan fingerprint density at radius 3 is 1.57 bits per heavy atom. The molecule has 0 aliphatic heterocycles. The van der Waals surface area contributed by atoms with E-state index in [4.69, 9.17) is 18.9 Å². The van der Waals surface area contributed by atoms with Gasteiger partial charge in [0.2, 0.25) is 0 Å². The quantitative estimate of drug-likeness (QED) is 0.0877. The van der Waals surface area contributed by atoms with Gasteiger partial charge in [-0.25, -0.2) is 0 Å². The highest BCUT2D eigenvalue weighted by Gasteiger charge is 2.12. The van der Waals surface area contributed by atoms with Gasteiger partial charge in [0.15, 0.2) is 12.6 Å². The van der Waals surface area contributed by atoms with Crippen molar-refractivity contribution in [2.75, 3.05) is 26.6 Å². The van der Waals surface area contributed by atoms with Crippen molar-refractivity contribution in [1.82, 2.24) is 0 Å². The predicted octanol–water partition coefficient (Wildman–Crippen LogP) is 8.50. The molecule has 0 amide bonds. The van der Waals surface area contributed by atoms with Gasteiger partial charge in [0, 0.05) is 6.42 Å². The summed E-state index contributed by atoms with van der Waals surface area (Å²) in [6, 6.07) is 0. The number of hydrogen-bond donors (Lipinski definition) is 0. The summed E-state index contributed by atoms with van der Waals surface area (Å²) in [6.07, 6.45) is 19.0. The van der Waals surface area contributed by atoms with Gasteiger partial charge in [-0.2, -0.15) is 0 Å². The van der Waals surface area contributed by atoms with Crippen LogP contribution in [0.1, 0.15) is 130 Å². The van der Waals surface area contributed by atoms with Crippen LogP contribution in [-0.4, -0.2) is 26.6 Å². The maximum Gasteiger partial charge on any atom is 0.321 e. The van der Waals surface area contributed by atoms with Crippen molar-refractivity contribution < 1.29 is 18.9 Å². The van der Waals surface area contributed by atoms with Crippen LogP contribution >= 0.6 is 0 Å². The molecule has 0 heterocycles. The van der Waals surface area contributed by atoms with Crippen molar-refractivity contribution in [3.63, 3.8) is 0 Å². The lowest BCUT2D eigenvalue weighted by Crippen LogP contribution is -2.10. The molecular weight excluding hydrogens is 376 g/mol. The molecule has 0 spiro atoms. The average molecular weight is 429 g/mol. The third kappa shape index (κ3) is 19.1. The molecule has 0 N–H and O–H groups in total. The number of unbranched alkanes of at least 4 members (excludes halogenated alkanes) is 11. The minimum absolute atomic E-state index is 0.242. The molecule has 0 aliphatic rings. The zero-order valence-corrected chi connectivity index (χ0v) is 20.8. The molecule has 0 aromatic rings. The van der Waals surface area contributed by atoms with Crippen molar-refractivity contribution in [3.8, 4) is 0 Å². The third-order valence-electron chi connectivity index (χ3n) is 5.13. The third-order valence-corrected chi connectivity index (χ3v) is 5.13. The highest BCUT2D eigenvalue weighted by Crippen LogP contribution is 2.18. The standard InChI is InChI=1S/C26H52O4/c1-5-9-12-15-16-17-21-27-24-30-26(29-23-19-14-11-7-3)25(20-8-4)28-22-18-13-10-6-2/h5-24H2,1-4H3. The lowest BCUT2D eigenvalue weighted by molar-refractivity contribution is -0.0845. The molecule has 180 valence electrons. The van der Waals surface area contributed by atoms with Gasteiger partial charge in [-0.1, -0.05) is 98.3 Å². The van der Waals surface area contributed by atoms with Crippen molar-refractivity contribution in [2.24, 2.45) is 0 Å². The topological polar surface area (TPSA) is 36.9 Å². The Hall–Kier alpha value is -0.900. The van der Waals surface area contributed by atoms with Crippen molar-refractivity contribution in [2.45, 2.75) is 130 Å². The van der Waals surface area contributed by atoms with E-state index in [9.17, 15) is 0 Å². The fourth-order valence-electron chi connectivity index (χ4n) is 3.22. The Labute approximate surface area is 188 Å². The first-order valence-corrected chi connectivity index (χ1v) is 13.0. The molecule has 0 atom stereocenters. The first-order valence-electron chi connectivity index (χ1n) is 13.0. The van der Waals surface area contributed by atoms with E-state index in [2.05, 4.69) is 27.7 Å². The fourth-order valence-corrected chi connectivity index (χ4v) is 3.22. The van der Waals surface area contributed by atoms with Crippen molar-refractivity contribution in [3.05, 3.63) is 11.7 Å². The highest BCUT2D eigenvalue weighted by molar-refractivity contribution is 4.95. The minimum atomic E-state index is 0.242. The number of hydrogen-bond acceptors (Lipinski definition) is 4. The summed E-state index contributed by atoms with van der Waals surface area (Å²) in [4.78, 5) is 0. The Morgan fingerprint density at radius 1 is 0.467 bits per heavy atom. The van der Waals surface area contributed by atoms with E-state index in [1.54, 1.807) is 0 Å². The summed E-state index contributed by atoms with van der Waals surface area (Å²) in [5.41, 5.74) is 0. The van der Waals surface area contributed by atoms with Crippen LogP contribution in [0.3, 0.4) is 0 Å². The first-order chi connectivity index (χ1) is 14.8. The van der Waals surface area contributed by atoms with Gasteiger partial charge in [-0.15, -0.1) is 0 Å². The summed E-state index contributed by atoms with van der Waals surface area (Å²) >= 11 is 0. The number of allylic oxidation sites excluding steroid dienone is 1. The van der Waals surface area contributed by atoms with E-state index in [0.29, 0.717) is 12.6 Å². The van der Waals surface area contributed by atoms with Crippen LogP contribution in [0.4, 0.5) is 0 Å². The maximum absolute atomic E-state index is 6.08. The summed E-state index contributed by atoms with van der Waals surface area (Å²) in [7, 11) is 0. The predicted molar refractivity (Wildman–Crippen MR) is 127 cm³/mol. The van der Waals surface area contributed by atoms with Crippen LogP contribution in [-0.2, 0) is 18.9 Å². The summed E-state index contributed by atoms with van der Waals surface area (Å²) in [5, 5.41) is 0. The molecule has 0 saturated heterocycles. The molecule has 4 heteroatoms. The van der Waals surface area contributed by atoms with Gasteiger partial charge in [0.1, 0.15) is 0 Å². The van der Waals surface area contributed by atoms with E-state index in [1.165, 1.54) is 70.6 Å². The Bertz CT molecular complexity index is 368. The molecule has 0 rings (SSSR count). The zero-order chi connectivity index (χ0) is 22.1. The molecule has 0 unspecified atom stereocenters. The second-order valence-corrected chi connectivity index (χ2v) is 8.22. The van der Waals surface area contributed by atoms with E-state index >= 15 is 0 Å². The molecule has 0 saturated carbocycles. The molecular formula is C26H52O4. The second kappa shape index (κ2) is 24.4. The van der Waals surface area contributed by atoms with E-state index < -0.39 is 0 Å². The van der Waals surface area contributed by atoms with Gasteiger partial charge < -0.3 is 18.9 Å². The molecule has 0 bridgehead atoms. The Morgan fingerprint density at radius 2 is 0.967 bits per heavy atom. The maximum atomic E-state index is 6.08. The average Bonchev–Trinajstić information content (AvgIpc) is 2.75. The van der Waals surface area contributed by atoms with Gasteiger partial charge in [-0.3, -0.25) is 0 Å². The van der Waals surface area contributed by atoms with Crippen LogP contribution in [0.25, 0.3) is 0 Å².